The topological polar surface area (TPSA) is 60.4 Å². The van der Waals surface area contributed by atoms with Crippen LogP contribution >= 0.6 is 0 Å². The van der Waals surface area contributed by atoms with E-state index in [9.17, 15) is 5.11 Å². The van der Waals surface area contributed by atoms with Gasteiger partial charge in [0.25, 0.3) is 0 Å². The van der Waals surface area contributed by atoms with Crippen LogP contribution in [0.15, 0.2) is 24.3 Å². The number of fused-ring (bicyclic) bond motifs is 7. The first-order valence-corrected chi connectivity index (χ1v) is 10.8. The molecule has 6 nitrogen and oxygen atoms in total. The highest BCUT2D eigenvalue weighted by atomic mass is 16.5. The molecule has 0 unspecified atom stereocenters. The summed E-state index contributed by atoms with van der Waals surface area (Å²) in [5, 5.41) is 15.7. The lowest BCUT2D eigenvalue weighted by atomic mass is 9.80. The number of aliphatic hydroxyl groups excluding tert-OH is 1. The van der Waals surface area contributed by atoms with E-state index >= 15 is 0 Å². The van der Waals surface area contributed by atoms with Gasteiger partial charge in [-0.1, -0.05) is 6.42 Å². The minimum absolute atomic E-state index is 0.148. The summed E-state index contributed by atoms with van der Waals surface area (Å²) in [6.45, 7) is 1.83. The van der Waals surface area contributed by atoms with Gasteiger partial charge in [0.15, 0.2) is 23.0 Å². The van der Waals surface area contributed by atoms with Crippen molar-refractivity contribution in [3.05, 3.63) is 35.4 Å². The first-order chi connectivity index (χ1) is 15.1. The largest absolute Gasteiger partial charge is 0.493 e. The van der Waals surface area contributed by atoms with E-state index in [1.807, 2.05) is 24.3 Å². The van der Waals surface area contributed by atoms with Gasteiger partial charge < -0.3 is 24.1 Å². The highest BCUT2D eigenvalue weighted by Gasteiger charge is 2.38. The average Bonchev–Trinajstić information content (AvgIpc) is 2.82. The molecule has 164 valence electrons. The molecule has 1 N–H and O–H groups in total. The molecular formula is C25H29NO5. The van der Waals surface area contributed by atoms with Crippen LogP contribution in [-0.2, 0) is 6.54 Å². The minimum atomic E-state index is -0.554. The monoisotopic (exact) mass is 423 g/mol. The average molecular weight is 424 g/mol. The highest BCUT2D eigenvalue weighted by Crippen LogP contribution is 2.48. The third-order valence-electron chi connectivity index (χ3n) is 6.96. The van der Waals surface area contributed by atoms with Gasteiger partial charge in [-0.2, -0.15) is 0 Å². The molecule has 0 spiro atoms. The summed E-state index contributed by atoms with van der Waals surface area (Å²) in [4.78, 5) is 2.43. The van der Waals surface area contributed by atoms with Crippen molar-refractivity contribution in [2.75, 3.05) is 35.0 Å². The highest BCUT2D eigenvalue weighted by molar-refractivity contribution is 6.13. The number of nitrogens with zero attached hydrogens (tertiary/aromatic N) is 1. The summed E-state index contributed by atoms with van der Waals surface area (Å²) >= 11 is 0. The molecule has 6 heteroatoms. The van der Waals surface area contributed by atoms with Crippen molar-refractivity contribution in [2.24, 2.45) is 0 Å². The molecule has 0 saturated carbocycles. The molecule has 0 aromatic heterocycles. The van der Waals surface area contributed by atoms with E-state index in [0.717, 1.165) is 58.6 Å². The Hall–Kier alpha value is -2.70. The van der Waals surface area contributed by atoms with Gasteiger partial charge in [-0.3, -0.25) is 4.90 Å². The second-order valence-electron chi connectivity index (χ2n) is 8.38. The van der Waals surface area contributed by atoms with Crippen molar-refractivity contribution in [1.82, 2.24) is 4.90 Å². The van der Waals surface area contributed by atoms with E-state index in [4.69, 9.17) is 18.9 Å². The SMILES string of the molecule is COc1cc2c3c(c4cc(OC)c(OC)cc4c2cc1OC)[C@H](O)[C@@H]1CCCCN1C3. The molecule has 0 aliphatic carbocycles. The van der Waals surface area contributed by atoms with Crippen LogP contribution in [0.5, 0.6) is 23.0 Å². The lowest BCUT2D eigenvalue weighted by molar-refractivity contribution is 0.00754. The van der Waals surface area contributed by atoms with Crippen molar-refractivity contribution >= 4 is 21.5 Å². The Balaban J connectivity index is 1.91. The number of ether oxygens (including phenoxy) is 4. The Morgan fingerprint density at radius 2 is 1.26 bits per heavy atom. The molecule has 0 amide bonds. The summed E-state index contributed by atoms with van der Waals surface area (Å²) in [5.41, 5.74) is 2.15. The number of hydrogen-bond acceptors (Lipinski definition) is 6. The zero-order valence-electron chi connectivity index (χ0n) is 18.5. The van der Waals surface area contributed by atoms with Gasteiger partial charge in [0.05, 0.1) is 34.5 Å². The number of methoxy groups -OCH3 is 4. The summed E-state index contributed by atoms with van der Waals surface area (Å²) in [6, 6.07) is 8.22. The van der Waals surface area contributed by atoms with Crippen LogP contribution in [0.25, 0.3) is 21.5 Å². The zero-order valence-corrected chi connectivity index (χ0v) is 18.5. The van der Waals surface area contributed by atoms with E-state index in [0.29, 0.717) is 23.0 Å². The number of hydrogen-bond donors (Lipinski definition) is 1. The van der Waals surface area contributed by atoms with E-state index in [1.165, 1.54) is 6.42 Å². The number of aliphatic hydroxyl groups is 1. The fourth-order valence-electron chi connectivity index (χ4n) is 5.46. The second kappa shape index (κ2) is 7.77. The maximum Gasteiger partial charge on any atom is 0.161 e. The van der Waals surface area contributed by atoms with Crippen molar-refractivity contribution < 1.29 is 24.1 Å². The smallest absolute Gasteiger partial charge is 0.161 e. The first-order valence-electron chi connectivity index (χ1n) is 10.8. The Morgan fingerprint density at radius 3 is 1.84 bits per heavy atom. The molecule has 31 heavy (non-hydrogen) atoms. The van der Waals surface area contributed by atoms with Gasteiger partial charge in [0, 0.05) is 12.6 Å². The molecule has 2 aliphatic heterocycles. The first kappa shape index (κ1) is 20.2. The third-order valence-corrected chi connectivity index (χ3v) is 6.96. The molecule has 0 bridgehead atoms. The van der Waals surface area contributed by atoms with Gasteiger partial charge >= 0.3 is 0 Å². The van der Waals surface area contributed by atoms with Gasteiger partial charge in [-0.15, -0.1) is 0 Å². The summed E-state index contributed by atoms with van der Waals surface area (Å²) < 4.78 is 22.4. The maximum absolute atomic E-state index is 11.6. The standard InChI is InChI=1S/C25H29NO5/c1-28-20-9-14-15-10-21(29-2)23(31-4)12-17(15)24-18(16(14)11-22(20)30-3)13-26-8-6-5-7-19(26)25(24)27/h9-12,19,25,27H,5-8,13H2,1-4H3/t19-,25+/m0/s1. The number of benzene rings is 3. The van der Waals surface area contributed by atoms with Crippen molar-refractivity contribution in [1.29, 1.82) is 0 Å². The Morgan fingerprint density at radius 1 is 0.742 bits per heavy atom. The van der Waals surface area contributed by atoms with E-state index in [2.05, 4.69) is 4.90 Å². The third kappa shape index (κ3) is 3.00. The number of rotatable bonds is 4. The van der Waals surface area contributed by atoms with Crippen molar-refractivity contribution in [3.8, 4) is 23.0 Å². The van der Waals surface area contributed by atoms with Crippen LogP contribution in [-0.4, -0.2) is 51.0 Å². The molecule has 2 aliphatic rings. The molecule has 3 aromatic carbocycles. The van der Waals surface area contributed by atoms with Gasteiger partial charge in [0.2, 0.25) is 0 Å². The molecular weight excluding hydrogens is 394 g/mol. The number of piperidine rings is 1. The van der Waals surface area contributed by atoms with Crippen LogP contribution in [0, 0.1) is 0 Å². The van der Waals surface area contributed by atoms with Crippen molar-refractivity contribution in [2.45, 2.75) is 38.0 Å². The minimum Gasteiger partial charge on any atom is -0.493 e. The molecule has 2 heterocycles. The Bertz CT molecular complexity index is 1160. The van der Waals surface area contributed by atoms with Gasteiger partial charge in [-0.05, 0) is 76.3 Å². The lowest BCUT2D eigenvalue weighted by Gasteiger charge is -2.44. The van der Waals surface area contributed by atoms with Gasteiger partial charge in [-0.25, -0.2) is 0 Å². The normalized spacial score (nSPS) is 20.9. The molecule has 2 atom stereocenters. The van der Waals surface area contributed by atoms with Crippen LogP contribution in [0.4, 0.5) is 0 Å². The molecule has 3 aromatic rings. The van der Waals surface area contributed by atoms with Crippen LogP contribution < -0.4 is 18.9 Å². The van der Waals surface area contributed by atoms with Crippen LogP contribution in [0.3, 0.4) is 0 Å². The Kier molecular flexibility index (Phi) is 5.07. The second-order valence-corrected chi connectivity index (χ2v) is 8.38. The molecule has 5 rings (SSSR count). The van der Waals surface area contributed by atoms with Gasteiger partial charge in [0.1, 0.15) is 0 Å². The fourth-order valence-corrected chi connectivity index (χ4v) is 5.46. The maximum atomic E-state index is 11.6. The summed E-state index contributed by atoms with van der Waals surface area (Å²) in [7, 11) is 6.59. The predicted molar refractivity (Wildman–Crippen MR) is 121 cm³/mol. The van der Waals surface area contributed by atoms with E-state index in [-0.39, 0.29) is 6.04 Å². The fraction of sp³-hybridized carbons (Fsp3) is 0.440. The molecule has 1 saturated heterocycles. The van der Waals surface area contributed by atoms with E-state index in [1.54, 1.807) is 28.4 Å². The summed E-state index contributed by atoms with van der Waals surface area (Å²) in [6.07, 6.45) is 2.79. The van der Waals surface area contributed by atoms with Crippen LogP contribution in [0.1, 0.15) is 36.5 Å². The zero-order chi connectivity index (χ0) is 21.7. The Labute approximate surface area is 182 Å². The quantitative estimate of drug-likeness (QED) is 0.627. The van der Waals surface area contributed by atoms with E-state index < -0.39 is 6.10 Å². The lowest BCUT2D eigenvalue weighted by Crippen LogP contribution is -2.46. The molecule has 0 radical (unpaired) electrons. The van der Waals surface area contributed by atoms with Crippen molar-refractivity contribution in [3.63, 3.8) is 0 Å². The molecule has 1 fully saturated rings. The van der Waals surface area contributed by atoms with Crippen LogP contribution in [0.2, 0.25) is 0 Å². The summed E-state index contributed by atoms with van der Waals surface area (Å²) in [5.74, 6) is 2.69. The predicted octanol–water partition coefficient (Wildman–Crippen LogP) is 4.43.